The maximum atomic E-state index is 4.50. The maximum Gasteiger partial charge on any atom is 0.193 e. The van der Waals surface area contributed by atoms with Crippen molar-refractivity contribution in [2.75, 3.05) is 51.7 Å². The first-order valence-electron chi connectivity index (χ1n) is 10.0. The fraction of sp³-hybridized carbons (Fsp3) is 0.455. The molecule has 1 aliphatic heterocycles. The molecular formula is C22H33IN6. The van der Waals surface area contributed by atoms with E-state index in [1.54, 1.807) is 0 Å². The van der Waals surface area contributed by atoms with E-state index in [-0.39, 0.29) is 24.0 Å². The van der Waals surface area contributed by atoms with Gasteiger partial charge in [-0.3, -0.25) is 9.89 Å². The molecule has 1 fully saturated rings. The number of benzene rings is 1. The second-order valence-corrected chi connectivity index (χ2v) is 7.34. The molecule has 0 bridgehead atoms. The number of nitrogens with zero attached hydrogens (tertiary/aromatic N) is 5. The number of aliphatic imine (C=N–C) groups is 1. The van der Waals surface area contributed by atoms with E-state index in [4.69, 9.17) is 0 Å². The summed E-state index contributed by atoms with van der Waals surface area (Å²) in [5.41, 5.74) is 1.34. The summed E-state index contributed by atoms with van der Waals surface area (Å²) >= 11 is 0. The van der Waals surface area contributed by atoms with Gasteiger partial charge in [0.05, 0.1) is 0 Å². The van der Waals surface area contributed by atoms with Crippen LogP contribution in [0.25, 0.3) is 0 Å². The molecule has 0 saturated carbocycles. The standard InChI is InChI=1S/C22H32N6.HI/c1-19(26(3)18-20-9-5-4-6-10-20)17-25-22(23-2)28-15-13-27(14-16-28)21-11-7-8-12-24-21;/h4-12,19H,13-18H2,1-3H3,(H,23,25);1H. The van der Waals surface area contributed by atoms with Gasteiger partial charge in [0.25, 0.3) is 0 Å². The van der Waals surface area contributed by atoms with Crippen molar-refractivity contribution in [1.29, 1.82) is 0 Å². The van der Waals surface area contributed by atoms with E-state index in [9.17, 15) is 0 Å². The molecule has 1 aliphatic rings. The van der Waals surface area contributed by atoms with Gasteiger partial charge in [0.1, 0.15) is 5.82 Å². The molecule has 2 aromatic rings. The van der Waals surface area contributed by atoms with Gasteiger partial charge in [-0.1, -0.05) is 36.4 Å². The number of rotatable bonds is 6. The van der Waals surface area contributed by atoms with Crippen LogP contribution in [0.4, 0.5) is 5.82 Å². The van der Waals surface area contributed by atoms with Gasteiger partial charge in [0.2, 0.25) is 0 Å². The largest absolute Gasteiger partial charge is 0.355 e. The number of anilines is 1. The van der Waals surface area contributed by atoms with Gasteiger partial charge in [-0.25, -0.2) is 4.98 Å². The number of likely N-dealkylation sites (N-methyl/N-ethyl adjacent to an activating group) is 1. The highest BCUT2D eigenvalue weighted by Gasteiger charge is 2.21. The molecule has 2 heterocycles. The quantitative estimate of drug-likeness (QED) is 0.370. The molecule has 0 aliphatic carbocycles. The Labute approximate surface area is 192 Å². The molecule has 7 heteroatoms. The van der Waals surface area contributed by atoms with Crippen LogP contribution in [0.5, 0.6) is 0 Å². The van der Waals surface area contributed by atoms with Crippen LogP contribution >= 0.6 is 24.0 Å². The van der Waals surface area contributed by atoms with Crippen LogP contribution in [0.15, 0.2) is 59.7 Å². The van der Waals surface area contributed by atoms with E-state index < -0.39 is 0 Å². The number of aromatic nitrogens is 1. The lowest BCUT2D eigenvalue weighted by Crippen LogP contribution is -2.54. The Bertz CT molecular complexity index is 731. The van der Waals surface area contributed by atoms with Gasteiger partial charge in [-0.15, -0.1) is 24.0 Å². The normalized spacial score (nSPS) is 15.8. The Kier molecular flexibility index (Phi) is 9.66. The third kappa shape index (κ3) is 6.85. The van der Waals surface area contributed by atoms with Crippen LogP contribution in [-0.2, 0) is 6.54 Å². The minimum atomic E-state index is 0. The van der Waals surface area contributed by atoms with Crippen molar-refractivity contribution in [3.63, 3.8) is 0 Å². The fourth-order valence-electron chi connectivity index (χ4n) is 3.44. The van der Waals surface area contributed by atoms with Crippen molar-refractivity contribution in [3.8, 4) is 0 Å². The zero-order chi connectivity index (χ0) is 19.8. The fourth-order valence-corrected chi connectivity index (χ4v) is 3.44. The lowest BCUT2D eigenvalue weighted by Gasteiger charge is -2.37. The number of halogens is 1. The third-order valence-electron chi connectivity index (χ3n) is 5.35. The highest BCUT2D eigenvalue weighted by atomic mass is 127. The topological polar surface area (TPSA) is 47.0 Å². The van der Waals surface area contributed by atoms with Crippen molar-refractivity contribution in [1.82, 2.24) is 20.1 Å². The monoisotopic (exact) mass is 508 g/mol. The van der Waals surface area contributed by atoms with Gasteiger partial charge < -0.3 is 15.1 Å². The Morgan fingerprint density at radius 1 is 1.10 bits per heavy atom. The first-order valence-corrected chi connectivity index (χ1v) is 10.0. The minimum absolute atomic E-state index is 0. The van der Waals surface area contributed by atoms with Gasteiger partial charge >= 0.3 is 0 Å². The van der Waals surface area contributed by atoms with E-state index >= 15 is 0 Å². The van der Waals surface area contributed by atoms with Crippen molar-refractivity contribution < 1.29 is 0 Å². The number of hydrogen-bond acceptors (Lipinski definition) is 4. The van der Waals surface area contributed by atoms with Crippen LogP contribution in [0, 0.1) is 0 Å². The van der Waals surface area contributed by atoms with Crippen LogP contribution in [0.1, 0.15) is 12.5 Å². The molecule has 1 N–H and O–H groups in total. The van der Waals surface area contributed by atoms with Gasteiger partial charge in [0, 0.05) is 58.6 Å². The predicted octanol–water partition coefficient (Wildman–Crippen LogP) is 2.92. The van der Waals surface area contributed by atoms with Crippen molar-refractivity contribution in [2.24, 2.45) is 4.99 Å². The first-order chi connectivity index (χ1) is 13.7. The summed E-state index contributed by atoms with van der Waals surface area (Å²) in [5.74, 6) is 2.04. The number of nitrogens with one attached hydrogen (secondary N) is 1. The van der Waals surface area contributed by atoms with Crippen molar-refractivity contribution in [3.05, 3.63) is 60.3 Å². The number of guanidine groups is 1. The maximum absolute atomic E-state index is 4.50. The summed E-state index contributed by atoms with van der Waals surface area (Å²) in [6, 6.07) is 17.1. The summed E-state index contributed by atoms with van der Waals surface area (Å²) in [7, 11) is 4.04. The number of pyridine rings is 1. The summed E-state index contributed by atoms with van der Waals surface area (Å²) in [4.78, 5) is 16.0. The average molecular weight is 508 g/mol. The van der Waals surface area contributed by atoms with E-state index in [1.807, 2.05) is 25.4 Å². The molecular weight excluding hydrogens is 475 g/mol. The predicted molar refractivity (Wildman–Crippen MR) is 132 cm³/mol. The molecule has 0 radical (unpaired) electrons. The molecule has 0 spiro atoms. The Morgan fingerprint density at radius 3 is 2.41 bits per heavy atom. The molecule has 1 aromatic carbocycles. The summed E-state index contributed by atoms with van der Waals surface area (Å²) in [6.07, 6.45) is 1.86. The first kappa shape index (κ1) is 23.4. The zero-order valence-corrected chi connectivity index (χ0v) is 20.0. The molecule has 1 saturated heterocycles. The molecule has 1 atom stereocenters. The van der Waals surface area contributed by atoms with Crippen LogP contribution < -0.4 is 10.2 Å². The number of piperazine rings is 1. The van der Waals surface area contributed by atoms with E-state index in [0.29, 0.717) is 6.04 Å². The van der Waals surface area contributed by atoms with E-state index in [2.05, 4.69) is 80.4 Å². The van der Waals surface area contributed by atoms with E-state index in [1.165, 1.54) is 5.56 Å². The van der Waals surface area contributed by atoms with Crippen LogP contribution in [-0.4, -0.2) is 73.6 Å². The highest BCUT2D eigenvalue weighted by molar-refractivity contribution is 14.0. The van der Waals surface area contributed by atoms with E-state index in [0.717, 1.165) is 51.0 Å². The van der Waals surface area contributed by atoms with Crippen LogP contribution in [0.2, 0.25) is 0 Å². The Balaban J connectivity index is 0.00000300. The smallest absolute Gasteiger partial charge is 0.193 e. The minimum Gasteiger partial charge on any atom is -0.355 e. The van der Waals surface area contributed by atoms with Crippen molar-refractivity contribution >= 4 is 35.8 Å². The summed E-state index contributed by atoms with van der Waals surface area (Å²) in [6.45, 7) is 7.89. The van der Waals surface area contributed by atoms with Gasteiger partial charge in [0.15, 0.2) is 5.96 Å². The second-order valence-electron chi connectivity index (χ2n) is 7.34. The lowest BCUT2D eigenvalue weighted by atomic mass is 10.2. The molecule has 6 nitrogen and oxygen atoms in total. The van der Waals surface area contributed by atoms with Gasteiger partial charge in [-0.2, -0.15) is 0 Å². The molecule has 29 heavy (non-hydrogen) atoms. The van der Waals surface area contributed by atoms with Crippen molar-refractivity contribution in [2.45, 2.75) is 19.5 Å². The summed E-state index contributed by atoms with van der Waals surface area (Å²) in [5, 5.41) is 3.56. The Morgan fingerprint density at radius 2 is 1.79 bits per heavy atom. The molecule has 3 rings (SSSR count). The second kappa shape index (κ2) is 12.0. The molecule has 1 aromatic heterocycles. The molecule has 158 valence electrons. The van der Waals surface area contributed by atoms with Gasteiger partial charge in [-0.05, 0) is 31.7 Å². The zero-order valence-electron chi connectivity index (χ0n) is 17.7. The lowest BCUT2D eigenvalue weighted by molar-refractivity contribution is 0.246. The molecule has 1 unspecified atom stereocenters. The number of hydrogen-bond donors (Lipinski definition) is 1. The SMILES string of the molecule is CN=C(NCC(C)N(C)Cc1ccccc1)N1CCN(c2ccccn2)CC1.I. The summed E-state index contributed by atoms with van der Waals surface area (Å²) < 4.78 is 0. The third-order valence-corrected chi connectivity index (χ3v) is 5.35. The average Bonchev–Trinajstić information content (AvgIpc) is 2.76. The molecule has 0 amide bonds. The van der Waals surface area contributed by atoms with Crippen LogP contribution in [0.3, 0.4) is 0 Å². The highest BCUT2D eigenvalue weighted by Crippen LogP contribution is 2.12. The Hall–Kier alpha value is -1.87.